The van der Waals surface area contributed by atoms with E-state index >= 15 is 0 Å². The monoisotopic (exact) mass is 439 g/mol. The van der Waals surface area contributed by atoms with Crippen LogP contribution in [0.25, 0.3) is 5.69 Å². The van der Waals surface area contributed by atoms with E-state index < -0.39 is 0 Å². The third-order valence-corrected chi connectivity index (χ3v) is 6.09. The van der Waals surface area contributed by atoms with Gasteiger partial charge in [0.05, 0.1) is 12.4 Å². The molecule has 0 unspecified atom stereocenters. The van der Waals surface area contributed by atoms with Crippen LogP contribution in [0.1, 0.15) is 28.7 Å². The minimum absolute atomic E-state index is 0.132. The molecule has 1 saturated heterocycles. The zero-order chi connectivity index (χ0) is 22.1. The molecule has 0 amide bonds. The number of aromatic nitrogens is 3. The Labute approximate surface area is 186 Å². The molecule has 1 aromatic heterocycles. The summed E-state index contributed by atoms with van der Waals surface area (Å²) in [5.74, 6) is 0.364. The fourth-order valence-electron chi connectivity index (χ4n) is 3.90. The highest BCUT2D eigenvalue weighted by Crippen LogP contribution is 2.22. The molecule has 31 heavy (non-hydrogen) atoms. The van der Waals surface area contributed by atoms with Gasteiger partial charge in [-0.15, -0.1) is 0 Å². The minimum Gasteiger partial charge on any atom is -0.367 e. The molecule has 0 atom stereocenters. The molecule has 0 spiro atoms. The van der Waals surface area contributed by atoms with Gasteiger partial charge in [0, 0.05) is 37.4 Å². The van der Waals surface area contributed by atoms with Gasteiger partial charge in [-0.25, -0.2) is 9.07 Å². The highest BCUT2D eigenvalue weighted by molar-refractivity contribution is 7.71. The first kappa shape index (κ1) is 21.4. The van der Waals surface area contributed by atoms with Crippen molar-refractivity contribution in [1.82, 2.24) is 19.2 Å². The van der Waals surface area contributed by atoms with Crippen LogP contribution in [0.3, 0.4) is 0 Å². The van der Waals surface area contributed by atoms with Crippen LogP contribution >= 0.6 is 12.2 Å². The maximum absolute atomic E-state index is 14.5. The molecule has 0 radical (unpaired) electrons. The Morgan fingerprint density at radius 3 is 2.35 bits per heavy atom. The van der Waals surface area contributed by atoms with E-state index in [9.17, 15) is 9.18 Å². The standard InChI is InChI=1S/C23H26FN5OS/c1-16-4-7-20(8-5-16)29-18(3)25-28(23(29)31)15-26-10-12-27(13-11-26)22-9-6-19(17(2)30)14-21(22)24/h4-9,14H,10-13,15H2,1-3H3. The smallest absolute Gasteiger partial charge is 0.203 e. The fourth-order valence-corrected chi connectivity index (χ4v) is 4.24. The normalized spacial score (nSPS) is 14.8. The van der Waals surface area contributed by atoms with Crippen molar-refractivity contribution >= 4 is 23.7 Å². The molecule has 0 bridgehead atoms. The Morgan fingerprint density at radius 2 is 1.74 bits per heavy atom. The van der Waals surface area contributed by atoms with Gasteiger partial charge in [0.25, 0.3) is 0 Å². The Hall–Kier alpha value is -2.84. The predicted molar refractivity (Wildman–Crippen MR) is 122 cm³/mol. The topological polar surface area (TPSA) is 46.3 Å². The molecular weight excluding hydrogens is 413 g/mol. The molecule has 0 N–H and O–H groups in total. The summed E-state index contributed by atoms with van der Waals surface area (Å²) in [6.45, 7) is 8.99. The van der Waals surface area contributed by atoms with Gasteiger partial charge in [-0.05, 0) is 63.3 Å². The third-order valence-electron chi connectivity index (χ3n) is 5.69. The van der Waals surface area contributed by atoms with E-state index in [4.69, 9.17) is 12.2 Å². The molecule has 1 aliphatic heterocycles. The summed E-state index contributed by atoms with van der Waals surface area (Å²) in [4.78, 5) is 15.7. The van der Waals surface area contributed by atoms with E-state index in [2.05, 4.69) is 41.2 Å². The maximum Gasteiger partial charge on any atom is 0.203 e. The second-order valence-corrected chi connectivity index (χ2v) is 8.33. The zero-order valence-electron chi connectivity index (χ0n) is 18.0. The van der Waals surface area contributed by atoms with E-state index in [0.29, 0.717) is 35.8 Å². The number of Topliss-reactive ketones (excluding diaryl/α,β-unsaturated/α-hetero) is 1. The number of anilines is 1. The lowest BCUT2D eigenvalue weighted by molar-refractivity contribution is 0.101. The van der Waals surface area contributed by atoms with Crippen molar-refractivity contribution in [3.05, 3.63) is 70.0 Å². The van der Waals surface area contributed by atoms with Crippen molar-refractivity contribution in [2.24, 2.45) is 0 Å². The number of nitrogens with zero attached hydrogens (tertiary/aromatic N) is 5. The van der Waals surface area contributed by atoms with E-state index in [1.165, 1.54) is 18.6 Å². The van der Waals surface area contributed by atoms with Gasteiger partial charge in [0.1, 0.15) is 11.6 Å². The van der Waals surface area contributed by atoms with Crippen LogP contribution in [0, 0.1) is 24.4 Å². The minimum atomic E-state index is -0.351. The lowest BCUT2D eigenvalue weighted by Crippen LogP contribution is -2.47. The van der Waals surface area contributed by atoms with Crippen molar-refractivity contribution in [1.29, 1.82) is 0 Å². The molecule has 0 aliphatic carbocycles. The molecule has 1 aliphatic rings. The summed E-state index contributed by atoms with van der Waals surface area (Å²) in [5, 5.41) is 4.65. The molecule has 4 rings (SSSR count). The number of aryl methyl sites for hydroxylation is 2. The molecule has 8 heteroatoms. The largest absolute Gasteiger partial charge is 0.367 e. The summed E-state index contributed by atoms with van der Waals surface area (Å²) < 4.78 is 19.0. The van der Waals surface area contributed by atoms with Gasteiger partial charge in [0.2, 0.25) is 4.77 Å². The fraction of sp³-hybridized carbons (Fsp3) is 0.348. The number of piperazine rings is 1. The first-order valence-electron chi connectivity index (χ1n) is 10.3. The number of hydrogen-bond acceptors (Lipinski definition) is 5. The van der Waals surface area contributed by atoms with Crippen LogP contribution in [-0.4, -0.2) is 51.2 Å². The number of halogens is 1. The molecule has 2 heterocycles. The lowest BCUT2D eigenvalue weighted by Gasteiger charge is -2.36. The second kappa shape index (κ2) is 8.72. The summed E-state index contributed by atoms with van der Waals surface area (Å²) in [6.07, 6.45) is 0. The van der Waals surface area contributed by atoms with Crippen LogP contribution in [0.4, 0.5) is 10.1 Å². The number of carbonyl (C=O) groups is 1. The van der Waals surface area contributed by atoms with E-state index in [0.717, 1.165) is 24.6 Å². The van der Waals surface area contributed by atoms with E-state index in [1.54, 1.807) is 12.1 Å². The highest BCUT2D eigenvalue weighted by Gasteiger charge is 2.21. The van der Waals surface area contributed by atoms with Gasteiger partial charge in [0.15, 0.2) is 5.78 Å². The summed E-state index contributed by atoms with van der Waals surface area (Å²) in [7, 11) is 0. The van der Waals surface area contributed by atoms with Crippen LogP contribution in [-0.2, 0) is 6.67 Å². The Bertz CT molecular complexity index is 1160. The van der Waals surface area contributed by atoms with Crippen LogP contribution in [0.2, 0.25) is 0 Å². The van der Waals surface area contributed by atoms with Gasteiger partial charge in [-0.3, -0.25) is 14.3 Å². The van der Waals surface area contributed by atoms with Crippen LogP contribution in [0.15, 0.2) is 42.5 Å². The molecule has 3 aromatic rings. The highest BCUT2D eigenvalue weighted by atomic mass is 32.1. The van der Waals surface area contributed by atoms with Crippen molar-refractivity contribution in [2.75, 3.05) is 31.1 Å². The zero-order valence-corrected chi connectivity index (χ0v) is 18.8. The van der Waals surface area contributed by atoms with Crippen molar-refractivity contribution in [3.63, 3.8) is 0 Å². The summed E-state index contributed by atoms with van der Waals surface area (Å²) in [6, 6.07) is 12.9. The summed E-state index contributed by atoms with van der Waals surface area (Å²) in [5.41, 5.74) is 3.15. The quantitative estimate of drug-likeness (QED) is 0.442. The first-order chi connectivity index (χ1) is 14.8. The number of carbonyl (C=O) groups excluding carboxylic acids is 1. The lowest BCUT2D eigenvalue weighted by atomic mass is 10.1. The van der Waals surface area contributed by atoms with E-state index in [-0.39, 0.29) is 11.6 Å². The first-order valence-corrected chi connectivity index (χ1v) is 10.8. The second-order valence-electron chi connectivity index (χ2n) is 7.97. The summed E-state index contributed by atoms with van der Waals surface area (Å²) >= 11 is 5.70. The van der Waals surface area contributed by atoms with Crippen LogP contribution < -0.4 is 4.90 Å². The Morgan fingerprint density at radius 1 is 1.06 bits per heavy atom. The average molecular weight is 440 g/mol. The Balaban J connectivity index is 1.44. The van der Waals surface area contributed by atoms with Crippen molar-refractivity contribution < 1.29 is 9.18 Å². The van der Waals surface area contributed by atoms with Gasteiger partial charge < -0.3 is 4.90 Å². The molecular formula is C23H26FN5OS. The third kappa shape index (κ3) is 4.45. The molecule has 2 aromatic carbocycles. The van der Waals surface area contributed by atoms with Gasteiger partial charge >= 0.3 is 0 Å². The van der Waals surface area contributed by atoms with E-state index in [1.807, 2.05) is 21.1 Å². The number of benzene rings is 2. The average Bonchev–Trinajstić information content (AvgIpc) is 3.02. The van der Waals surface area contributed by atoms with Gasteiger partial charge in [-0.2, -0.15) is 5.10 Å². The molecule has 6 nitrogen and oxygen atoms in total. The predicted octanol–water partition coefficient (Wildman–Crippen LogP) is 4.14. The number of ketones is 1. The van der Waals surface area contributed by atoms with Gasteiger partial charge in [-0.1, -0.05) is 17.7 Å². The molecule has 162 valence electrons. The molecule has 1 fully saturated rings. The number of rotatable bonds is 5. The SMILES string of the molecule is CC(=O)c1ccc(N2CCN(Cn3nc(C)n(-c4ccc(C)cc4)c3=S)CC2)c(F)c1. The van der Waals surface area contributed by atoms with Crippen molar-refractivity contribution in [3.8, 4) is 5.69 Å². The molecule has 0 saturated carbocycles. The maximum atomic E-state index is 14.5. The number of hydrogen-bond donors (Lipinski definition) is 0. The Kier molecular flexibility index (Phi) is 6.02. The van der Waals surface area contributed by atoms with Crippen LogP contribution in [0.5, 0.6) is 0 Å². The van der Waals surface area contributed by atoms with Crippen molar-refractivity contribution in [2.45, 2.75) is 27.4 Å².